The van der Waals surface area contributed by atoms with Gasteiger partial charge < -0.3 is 4.74 Å². The average molecular weight is 587 g/mol. The molecule has 6 aromatic carbocycles. The van der Waals surface area contributed by atoms with Gasteiger partial charge in [0.2, 0.25) is 0 Å². The molecule has 0 saturated carbocycles. The molecular weight excluding hydrogens is 560 g/mol. The van der Waals surface area contributed by atoms with E-state index in [0.29, 0.717) is 0 Å². The molecule has 2 aliphatic rings. The summed E-state index contributed by atoms with van der Waals surface area (Å²) in [5, 5.41) is 2.27. The lowest BCUT2D eigenvalue weighted by Gasteiger charge is -2.39. The summed E-state index contributed by atoms with van der Waals surface area (Å²) in [6, 6.07) is 52.0. The second kappa shape index (κ2) is 9.47. The van der Waals surface area contributed by atoms with Crippen molar-refractivity contribution < 1.29 is 4.74 Å². The second-order valence-electron chi connectivity index (χ2n) is 12.2. The van der Waals surface area contributed by atoms with Gasteiger partial charge in [-0.15, -0.1) is 0 Å². The maximum absolute atomic E-state index is 6.60. The van der Waals surface area contributed by atoms with Gasteiger partial charge in [-0.2, -0.15) is 0 Å². The number of hydrogen-bond acceptors (Lipinski definition) is 3. The summed E-state index contributed by atoms with van der Waals surface area (Å²) in [6.45, 7) is 0. The molecule has 0 unspecified atom stereocenters. The Morgan fingerprint density at radius 2 is 0.848 bits per heavy atom. The first kappa shape index (κ1) is 25.3. The van der Waals surface area contributed by atoms with Gasteiger partial charge in [0.15, 0.2) is 0 Å². The number of rotatable bonds is 2. The van der Waals surface area contributed by atoms with Crippen LogP contribution in [0.2, 0.25) is 0 Å². The predicted molar refractivity (Wildman–Crippen MR) is 185 cm³/mol. The molecule has 2 aromatic heterocycles. The molecule has 1 spiro atoms. The van der Waals surface area contributed by atoms with Gasteiger partial charge in [0.25, 0.3) is 0 Å². The van der Waals surface area contributed by atoms with Crippen molar-refractivity contribution in [1.82, 2.24) is 9.97 Å². The molecule has 214 valence electrons. The fraction of sp³-hybridized carbons (Fsp3) is 0.0233. The summed E-state index contributed by atoms with van der Waals surface area (Å²) < 4.78 is 6.60. The standard InChI is InChI=1S/C43H26N2O/c1-5-13-39-29(9-1)21-31(25-44-39)27-17-19-33-34-20-18-28(32-22-30-10-2-6-14-40(30)45-26-32)24-38(34)43(37(33)23-27)35-11-3-7-15-41(35)46-42-16-8-4-12-36(42)43/h1-26H. The largest absolute Gasteiger partial charge is 0.457 e. The number of fused-ring (bicyclic) bond motifs is 11. The maximum Gasteiger partial charge on any atom is 0.132 e. The number of hydrogen-bond donors (Lipinski definition) is 0. The number of pyridine rings is 2. The lowest BCUT2D eigenvalue weighted by atomic mass is 9.65. The smallest absolute Gasteiger partial charge is 0.132 e. The average Bonchev–Trinajstić information content (AvgIpc) is 3.40. The van der Waals surface area contributed by atoms with Gasteiger partial charge >= 0.3 is 0 Å². The first-order valence-corrected chi connectivity index (χ1v) is 15.6. The molecule has 0 saturated heterocycles. The van der Waals surface area contributed by atoms with Crippen molar-refractivity contribution >= 4 is 21.8 Å². The molecule has 8 aromatic rings. The van der Waals surface area contributed by atoms with Gasteiger partial charge in [-0.05, 0) is 81.9 Å². The van der Waals surface area contributed by atoms with Crippen LogP contribution in [-0.4, -0.2) is 9.97 Å². The Morgan fingerprint density at radius 1 is 0.391 bits per heavy atom. The van der Waals surface area contributed by atoms with Gasteiger partial charge in [0.05, 0.1) is 16.4 Å². The number of aromatic nitrogens is 2. The SMILES string of the molecule is c1ccc2c(c1)Oc1ccccc1C21c2cc(-c3cnc4ccccc4c3)ccc2-c2ccc(-c3cnc4ccccc4c3)cc21. The Balaban J connectivity index is 1.27. The topological polar surface area (TPSA) is 35.0 Å². The van der Waals surface area contributed by atoms with E-state index in [2.05, 4.69) is 133 Å². The van der Waals surface area contributed by atoms with Crippen LogP contribution < -0.4 is 4.74 Å². The van der Waals surface area contributed by atoms with Gasteiger partial charge in [-0.25, -0.2) is 0 Å². The third-order valence-electron chi connectivity index (χ3n) is 9.79. The van der Waals surface area contributed by atoms with Gasteiger partial charge in [0, 0.05) is 45.4 Å². The molecule has 46 heavy (non-hydrogen) atoms. The van der Waals surface area contributed by atoms with E-state index in [0.717, 1.165) is 66.7 Å². The van der Waals surface area contributed by atoms with Crippen molar-refractivity contribution in [2.45, 2.75) is 5.41 Å². The van der Waals surface area contributed by atoms with Gasteiger partial charge in [0.1, 0.15) is 11.5 Å². The van der Waals surface area contributed by atoms with Crippen LogP contribution in [-0.2, 0) is 5.41 Å². The Bertz CT molecular complexity index is 2350. The Morgan fingerprint density at radius 3 is 1.37 bits per heavy atom. The summed E-state index contributed by atoms with van der Waals surface area (Å²) >= 11 is 0. The van der Waals surface area contributed by atoms with Crippen molar-refractivity contribution in [2.24, 2.45) is 0 Å². The molecular formula is C43H26N2O. The molecule has 0 radical (unpaired) electrons. The van der Waals surface area contributed by atoms with Gasteiger partial charge in [-0.1, -0.05) is 97.1 Å². The summed E-state index contributed by atoms with van der Waals surface area (Å²) in [5.74, 6) is 1.77. The second-order valence-corrected chi connectivity index (χ2v) is 12.2. The van der Waals surface area contributed by atoms with Crippen LogP contribution in [0, 0.1) is 0 Å². The van der Waals surface area contributed by atoms with Crippen LogP contribution in [0.25, 0.3) is 55.2 Å². The highest BCUT2D eigenvalue weighted by atomic mass is 16.5. The summed E-state index contributed by atoms with van der Waals surface area (Å²) in [6.07, 6.45) is 3.99. The first-order chi connectivity index (χ1) is 22.8. The molecule has 0 fully saturated rings. The number of benzene rings is 6. The minimum Gasteiger partial charge on any atom is -0.457 e. The van der Waals surface area contributed by atoms with E-state index >= 15 is 0 Å². The fourth-order valence-corrected chi connectivity index (χ4v) is 7.72. The third-order valence-corrected chi connectivity index (χ3v) is 9.79. The van der Waals surface area contributed by atoms with Crippen molar-refractivity contribution in [3.63, 3.8) is 0 Å². The van der Waals surface area contributed by atoms with E-state index in [-0.39, 0.29) is 0 Å². The van der Waals surface area contributed by atoms with Gasteiger partial charge in [-0.3, -0.25) is 9.97 Å². The highest BCUT2D eigenvalue weighted by Gasteiger charge is 2.51. The normalized spacial score (nSPS) is 13.6. The molecule has 1 aliphatic carbocycles. The highest BCUT2D eigenvalue weighted by Crippen LogP contribution is 2.62. The van der Waals surface area contributed by atoms with E-state index in [1.165, 1.54) is 22.3 Å². The molecule has 0 N–H and O–H groups in total. The minimum atomic E-state index is -0.573. The quantitative estimate of drug-likeness (QED) is 0.202. The molecule has 1 aliphatic heterocycles. The number of ether oxygens (including phenoxy) is 1. The molecule has 3 heteroatoms. The summed E-state index contributed by atoms with van der Waals surface area (Å²) in [4.78, 5) is 9.61. The van der Waals surface area contributed by atoms with Crippen LogP contribution in [0.5, 0.6) is 11.5 Å². The van der Waals surface area contributed by atoms with Crippen molar-refractivity contribution in [3.05, 3.63) is 180 Å². The molecule has 3 heterocycles. The fourth-order valence-electron chi connectivity index (χ4n) is 7.72. The van der Waals surface area contributed by atoms with Crippen LogP contribution >= 0.6 is 0 Å². The summed E-state index contributed by atoms with van der Waals surface area (Å²) in [7, 11) is 0. The zero-order chi connectivity index (χ0) is 30.2. The molecule has 0 bridgehead atoms. The van der Waals surface area contributed by atoms with E-state index < -0.39 is 5.41 Å². The van der Waals surface area contributed by atoms with Crippen molar-refractivity contribution in [3.8, 4) is 44.9 Å². The maximum atomic E-state index is 6.60. The van der Waals surface area contributed by atoms with E-state index in [1.54, 1.807) is 0 Å². The molecule has 3 nitrogen and oxygen atoms in total. The lowest BCUT2D eigenvalue weighted by Crippen LogP contribution is -2.32. The highest BCUT2D eigenvalue weighted by molar-refractivity contribution is 5.93. The van der Waals surface area contributed by atoms with Crippen molar-refractivity contribution in [1.29, 1.82) is 0 Å². The van der Waals surface area contributed by atoms with E-state index in [9.17, 15) is 0 Å². The molecule has 10 rings (SSSR count). The predicted octanol–water partition coefficient (Wildman–Crippen LogP) is 10.6. The third kappa shape index (κ3) is 3.48. The van der Waals surface area contributed by atoms with E-state index in [4.69, 9.17) is 14.7 Å². The lowest BCUT2D eigenvalue weighted by molar-refractivity contribution is 0.436. The van der Waals surface area contributed by atoms with Crippen LogP contribution in [0.15, 0.2) is 158 Å². The van der Waals surface area contributed by atoms with Crippen LogP contribution in [0.1, 0.15) is 22.3 Å². The summed E-state index contributed by atoms with van der Waals surface area (Å²) in [5.41, 5.74) is 13.2. The monoisotopic (exact) mass is 586 g/mol. The number of nitrogens with zero attached hydrogens (tertiary/aromatic N) is 2. The zero-order valence-corrected chi connectivity index (χ0v) is 24.8. The Labute approximate surface area is 266 Å². The zero-order valence-electron chi connectivity index (χ0n) is 24.8. The Hall–Kier alpha value is -6.06. The van der Waals surface area contributed by atoms with E-state index in [1.807, 2.05) is 24.5 Å². The minimum absolute atomic E-state index is 0.573. The number of para-hydroxylation sites is 4. The molecule has 0 amide bonds. The van der Waals surface area contributed by atoms with Crippen LogP contribution in [0.3, 0.4) is 0 Å². The first-order valence-electron chi connectivity index (χ1n) is 15.6. The van der Waals surface area contributed by atoms with Crippen LogP contribution in [0.4, 0.5) is 0 Å². The van der Waals surface area contributed by atoms with Crippen molar-refractivity contribution in [2.75, 3.05) is 0 Å². The Kier molecular flexibility index (Phi) is 5.20. The molecule has 0 atom stereocenters.